The minimum absolute atomic E-state index is 0.129. The van der Waals surface area contributed by atoms with Gasteiger partial charge >= 0.3 is 0 Å². The van der Waals surface area contributed by atoms with Gasteiger partial charge in [0.2, 0.25) is 5.88 Å². The number of ether oxygens (including phenoxy) is 1. The van der Waals surface area contributed by atoms with Crippen molar-refractivity contribution in [1.82, 2.24) is 29.5 Å². The second kappa shape index (κ2) is 6.35. The highest BCUT2D eigenvalue weighted by atomic mass is 16.5. The lowest BCUT2D eigenvalue weighted by molar-refractivity contribution is 0.422. The Morgan fingerprint density at radius 2 is 1.87 bits per heavy atom. The highest BCUT2D eigenvalue weighted by molar-refractivity contribution is 5.68. The largest absolute Gasteiger partial charge is 0.508 e. The summed E-state index contributed by atoms with van der Waals surface area (Å²) in [6.07, 6.45) is 8.56. The van der Waals surface area contributed by atoms with Crippen molar-refractivity contribution in [1.29, 1.82) is 0 Å². The number of rotatable bonds is 2. The summed E-state index contributed by atoms with van der Waals surface area (Å²) in [4.78, 5) is 17.7. The van der Waals surface area contributed by atoms with Crippen LogP contribution in [0.2, 0.25) is 0 Å². The van der Waals surface area contributed by atoms with E-state index in [9.17, 15) is 5.11 Å². The topological polar surface area (TPSA) is 98.3 Å². The molecule has 1 atom stereocenters. The Labute approximate surface area is 170 Å². The van der Waals surface area contributed by atoms with E-state index in [1.165, 1.54) is 0 Å². The number of pyridine rings is 2. The SMILES string of the molecule is Oc1ccc2c(c1)Oc1ncn3nc(-c4cccnc4)nc3c1[C@@H]2c1cccnc1. The van der Waals surface area contributed by atoms with Crippen LogP contribution >= 0.6 is 0 Å². The zero-order chi connectivity index (χ0) is 20.1. The van der Waals surface area contributed by atoms with E-state index in [1.807, 2.05) is 36.5 Å². The van der Waals surface area contributed by atoms with Crippen molar-refractivity contribution in [2.45, 2.75) is 5.92 Å². The van der Waals surface area contributed by atoms with Gasteiger partial charge in [0.15, 0.2) is 11.5 Å². The number of aromatic hydroxyl groups is 1. The van der Waals surface area contributed by atoms with Crippen LogP contribution in [-0.2, 0) is 0 Å². The molecule has 0 spiro atoms. The quantitative estimate of drug-likeness (QED) is 0.479. The van der Waals surface area contributed by atoms with E-state index in [2.05, 4.69) is 20.1 Å². The summed E-state index contributed by atoms with van der Waals surface area (Å²) in [6.45, 7) is 0. The normalized spacial score (nSPS) is 14.7. The van der Waals surface area contributed by atoms with Crippen molar-refractivity contribution in [3.8, 4) is 28.8 Å². The Hall–Kier alpha value is -4.33. The number of phenols is 1. The van der Waals surface area contributed by atoms with Gasteiger partial charge in [-0.25, -0.2) is 14.5 Å². The van der Waals surface area contributed by atoms with E-state index in [4.69, 9.17) is 9.72 Å². The summed E-state index contributed by atoms with van der Waals surface area (Å²) < 4.78 is 7.70. The number of hydrogen-bond acceptors (Lipinski definition) is 7. The maximum atomic E-state index is 9.95. The molecule has 8 nitrogen and oxygen atoms in total. The second-order valence-corrected chi connectivity index (χ2v) is 6.95. The van der Waals surface area contributed by atoms with Gasteiger partial charge in [0, 0.05) is 47.9 Å². The Bertz CT molecular complexity index is 1390. The molecule has 5 heterocycles. The first-order valence-electron chi connectivity index (χ1n) is 9.34. The van der Waals surface area contributed by atoms with Crippen LogP contribution in [0, 0.1) is 0 Å². The van der Waals surface area contributed by atoms with Gasteiger partial charge in [-0.05, 0) is 29.8 Å². The van der Waals surface area contributed by atoms with Crippen molar-refractivity contribution in [2.75, 3.05) is 0 Å². The number of benzene rings is 1. The first kappa shape index (κ1) is 16.6. The molecular weight excluding hydrogens is 380 g/mol. The van der Waals surface area contributed by atoms with E-state index in [1.54, 1.807) is 41.6 Å². The first-order valence-corrected chi connectivity index (χ1v) is 9.34. The maximum absolute atomic E-state index is 9.95. The zero-order valence-corrected chi connectivity index (χ0v) is 15.5. The van der Waals surface area contributed by atoms with Crippen molar-refractivity contribution < 1.29 is 9.84 Å². The predicted molar refractivity (Wildman–Crippen MR) is 107 cm³/mol. The smallest absolute Gasteiger partial charge is 0.228 e. The number of phenolic OH excluding ortho intramolecular Hbond substituents is 1. The van der Waals surface area contributed by atoms with Crippen molar-refractivity contribution in [2.24, 2.45) is 0 Å². The molecule has 0 amide bonds. The molecule has 0 fully saturated rings. The third-order valence-electron chi connectivity index (χ3n) is 5.13. The molecule has 0 aliphatic carbocycles. The fourth-order valence-corrected chi connectivity index (χ4v) is 3.81. The van der Waals surface area contributed by atoms with Gasteiger partial charge in [0.1, 0.15) is 17.8 Å². The third-order valence-corrected chi connectivity index (χ3v) is 5.13. The Balaban J connectivity index is 1.63. The lowest BCUT2D eigenvalue weighted by Gasteiger charge is -2.27. The van der Waals surface area contributed by atoms with Crippen molar-refractivity contribution in [3.05, 3.63) is 90.3 Å². The van der Waals surface area contributed by atoms with Gasteiger partial charge in [-0.2, -0.15) is 0 Å². The summed E-state index contributed by atoms with van der Waals surface area (Å²) in [5, 5.41) is 14.5. The molecule has 0 saturated heterocycles. The number of hydrogen-bond donors (Lipinski definition) is 1. The van der Waals surface area contributed by atoms with Crippen LogP contribution in [0.1, 0.15) is 22.6 Å². The van der Waals surface area contributed by atoms with E-state index in [-0.39, 0.29) is 11.7 Å². The molecule has 1 aliphatic rings. The Kier molecular flexibility index (Phi) is 3.51. The minimum atomic E-state index is -0.222. The van der Waals surface area contributed by atoms with Crippen molar-refractivity contribution >= 4 is 5.65 Å². The standard InChI is InChI=1S/C22H14N6O2/c29-15-5-6-16-17(9-15)30-22-19(18(16)13-3-1-7-23-10-13)21-26-20(27-28(21)12-25-22)14-4-2-8-24-11-14/h1-12,18,29H/t18-/m1/s1. The van der Waals surface area contributed by atoms with Gasteiger partial charge in [-0.3, -0.25) is 9.97 Å². The van der Waals surface area contributed by atoms with Crippen LogP contribution in [0.25, 0.3) is 17.0 Å². The molecular formula is C22H14N6O2. The van der Waals surface area contributed by atoms with Gasteiger partial charge in [0.25, 0.3) is 0 Å². The van der Waals surface area contributed by atoms with E-state index in [0.29, 0.717) is 23.1 Å². The zero-order valence-electron chi connectivity index (χ0n) is 15.5. The van der Waals surface area contributed by atoms with Gasteiger partial charge < -0.3 is 9.84 Å². The molecule has 6 rings (SSSR count). The average molecular weight is 394 g/mol. The molecule has 0 bridgehead atoms. The van der Waals surface area contributed by atoms with Crippen molar-refractivity contribution in [3.63, 3.8) is 0 Å². The molecule has 0 radical (unpaired) electrons. The highest BCUT2D eigenvalue weighted by Crippen LogP contribution is 2.48. The number of aromatic nitrogens is 6. The maximum Gasteiger partial charge on any atom is 0.228 e. The Morgan fingerprint density at radius 1 is 1.00 bits per heavy atom. The van der Waals surface area contributed by atoms with E-state index in [0.717, 1.165) is 22.3 Å². The molecule has 0 unspecified atom stereocenters. The summed E-state index contributed by atoms with van der Waals surface area (Å²) in [5.41, 5.74) is 4.12. The Morgan fingerprint density at radius 3 is 2.67 bits per heavy atom. The molecule has 30 heavy (non-hydrogen) atoms. The van der Waals surface area contributed by atoms with Crippen LogP contribution in [0.3, 0.4) is 0 Å². The van der Waals surface area contributed by atoms with E-state index < -0.39 is 0 Å². The highest BCUT2D eigenvalue weighted by Gasteiger charge is 2.33. The number of fused-ring (bicyclic) bond motifs is 4. The van der Waals surface area contributed by atoms with Gasteiger partial charge in [-0.1, -0.05) is 12.1 Å². The van der Waals surface area contributed by atoms with E-state index >= 15 is 0 Å². The minimum Gasteiger partial charge on any atom is -0.508 e. The monoisotopic (exact) mass is 394 g/mol. The van der Waals surface area contributed by atoms with Gasteiger partial charge in [0.05, 0.1) is 5.56 Å². The molecule has 4 aromatic heterocycles. The van der Waals surface area contributed by atoms with Crippen LogP contribution in [-0.4, -0.2) is 34.7 Å². The fourth-order valence-electron chi connectivity index (χ4n) is 3.81. The number of nitrogens with zero attached hydrogens (tertiary/aromatic N) is 6. The molecule has 5 aromatic rings. The van der Waals surface area contributed by atoms with Crippen LogP contribution < -0.4 is 4.74 Å². The third kappa shape index (κ3) is 2.51. The van der Waals surface area contributed by atoms with Crippen LogP contribution in [0.5, 0.6) is 17.4 Å². The van der Waals surface area contributed by atoms with Crippen LogP contribution in [0.15, 0.2) is 73.6 Å². The molecule has 0 saturated carbocycles. The second-order valence-electron chi connectivity index (χ2n) is 6.95. The van der Waals surface area contributed by atoms with Crippen LogP contribution in [0.4, 0.5) is 0 Å². The molecule has 1 aromatic carbocycles. The first-order chi connectivity index (χ1) is 14.8. The fraction of sp³-hybridized carbons (Fsp3) is 0.0455. The lowest BCUT2D eigenvalue weighted by atomic mass is 9.84. The summed E-state index contributed by atoms with van der Waals surface area (Å²) in [7, 11) is 0. The molecule has 1 N–H and O–H groups in total. The average Bonchev–Trinajstić information content (AvgIpc) is 3.23. The molecule has 8 heteroatoms. The molecule has 144 valence electrons. The summed E-state index contributed by atoms with van der Waals surface area (Å²) in [5.74, 6) is 1.45. The summed E-state index contributed by atoms with van der Waals surface area (Å²) >= 11 is 0. The lowest BCUT2D eigenvalue weighted by Crippen LogP contribution is -2.15. The summed E-state index contributed by atoms with van der Waals surface area (Å²) in [6, 6.07) is 12.8. The van der Waals surface area contributed by atoms with Gasteiger partial charge in [-0.15, -0.1) is 5.10 Å². The predicted octanol–water partition coefficient (Wildman–Crippen LogP) is 3.57. The molecule has 1 aliphatic heterocycles.